The lowest BCUT2D eigenvalue weighted by Gasteiger charge is -2.29. The van der Waals surface area contributed by atoms with Crippen LogP contribution in [-0.2, 0) is 0 Å². The molecule has 2 heterocycles. The predicted octanol–water partition coefficient (Wildman–Crippen LogP) is 2.56. The van der Waals surface area contributed by atoms with Crippen molar-refractivity contribution in [3.05, 3.63) is 45.9 Å². The fraction of sp³-hybridized carbons (Fsp3) is 0.250. The summed E-state index contributed by atoms with van der Waals surface area (Å²) in [5, 5.41) is 4.23. The molecule has 5 nitrogen and oxygen atoms in total. The number of nitrogens with one attached hydrogen (secondary N) is 1. The average Bonchev–Trinajstić information content (AvgIpc) is 2.57. The van der Waals surface area contributed by atoms with E-state index in [1.807, 2.05) is 6.07 Å². The molecule has 3 N–H and O–H groups in total. The summed E-state index contributed by atoms with van der Waals surface area (Å²) in [6.07, 6.45) is 0. The van der Waals surface area contributed by atoms with E-state index in [1.54, 1.807) is 24.3 Å². The monoisotopic (exact) mass is 350 g/mol. The summed E-state index contributed by atoms with van der Waals surface area (Å²) >= 11 is 12.0. The molecule has 1 aliphatic heterocycles. The molecule has 120 valence electrons. The van der Waals surface area contributed by atoms with Gasteiger partial charge in [0.1, 0.15) is 5.82 Å². The molecule has 1 aromatic carbocycles. The molecule has 0 radical (unpaired) electrons. The maximum atomic E-state index is 11.7. The van der Waals surface area contributed by atoms with Gasteiger partial charge in [-0.3, -0.25) is 4.79 Å². The molecule has 1 saturated heterocycles. The topological polar surface area (TPSA) is 71.2 Å². The summed E-state index contributed by atoms with van der Waals surface area (Å²) in [7, 11) is 0. The van der Waals surface area contributed by atoms with Crippen molar-refractivity contribution >= 4 is 34.9 Å². The Kier molecular flexibility index (Phi) is 4.71. The Labute approximate surface area is 144 Å². The zero-order valence-corrected chi connectivity index (χ0v) is 13.9. The van der Waals surface area contributed by atoms with Gasteiger partial charge in [0.2, 0.25) is 0 Å². The van der Waals surface area contributed by atoms with Gasteiger partial charge in [-0.2, -0.15) is 0 Å². The Hall–Kier alpha value is -1.82. The van der Waals surface area contributed by atoms with Crippen LogP contribution >= 0.6 is 23.2 Å². The van der Waals surface area contributed by atoms with Crippen molar-refractivity contribution in [2.45, 2.75) is 0 Å². The van der Waals surface area contributed by atoms with Crippen molar-refractivity contribution in [3.8, 4) is 11.3 Å². The van der Waals surface area contributed by atoms with E-state index in [9.17, 15) is 4.79 Å². The van der Waals surface area contributed by atoms with Gasteiger partial charge in [0.05, 0.1) is 21.3 Å². The summed E-state index contributed by atoms with van der Waals surface area (Å²) in [5.41, 5.74) is 7.48. The normalized spacial score (nSPS) is 14.8. The number of halogens is 2. The highest BCUT2D eigenvalue weighted by Crippen LogP contribution is 2.29. The summed E-state index contributed by atoms with van der Waals surface area (Å²) in [4.78, 5) is 18.4. The molecule has 0 unspecified atom stereocenters. The lowest BCUT2D eigenvalue weighted by molar-refractivity contribution is 0.100. The number of aromatic nitrogens is 1. The van der Waals surface area contributed by atoms with Gasteiger partial charge in [-0.05, 0) is 24.3 Å². The van der Waals surface area contributed by atoms with Gasteiger partial charge in [0.25, 0.3) is 5.91 Å². The Morgan fingerprint density at radius 3 is 2.52 bits per heavy atom. The van der Waals surface area contributed by atoms with E-state index in [-0.39, 0.29) is 0 Å². The van der Waals surface area contributed by atoms with Crippen LogP contribution in [0.15, 0.2) is 30.3 Å². The van der Waals surface area contributed by atoms with Crippen LogP contribution in [0.3, 0.4) is 0 Å². The second-order valence-electron chi connectivity index (χ2n) is 5.30. The number of hydrogen-bond donors (Lipinski definition) is 2. The molecular weight excluding hydrogens is 335 g/mol. The molecule has 1 amide bonds. The third kappa shape index (κ3) is 3.42. The van der Waals surface area contributed by atoms with Crippen LogP contribution in [0.25, 0.3) is 11.3 Å². The van der Waals surface area contributed by atoms with E-state index in [0.717, 1.165) is 37.4 Å². The first-order valence-corrected chi connectivity index (χ1v) is 8.04. The van der Waals surface area contributed by atoms with Crippen LogP contribution in [0.1, 0.15) is 10.4 Å². The summed E-state index contributed by atoms with van der Waals surface area (Å²) in [6.45, 7) is 3.24. The largest absolute Gasteiger partial charge is 0.365 e. The number of nitrogens with two attached hydrogens (primary N) is 1. The second-order valence-corrected chi connectivity index (χ2v) is 6.11. The molecule has 0 spiro atoms. The number of pyridine rings is 1. The minimum Gasteiger partial charge on any atom is -0.365 e. The van der Waals surface area contributed by atoms with Crippen LogP contribution < -0.4 is 16.0 Å². The van der Waals surface area contributed by atoms with Gasteiger partial charge in [0.15, 0.2) is 0 Å². The molecule has 1 aliphatic rings. The first kappa shape index (κ1) is 16.1. The molecule has 23 heavy (non-hydrogen) atoms. The molecule has 1 aromatic heterocycles. The van der Waals surface area contributed by atoms with Crippen molar-refractivity contribution in [1.29, 1.82) is 0 Å². The Balaban J connectivity index is 2.05. The van der Waals surface area contributed by atoms with E-state index < -0.39 is 5.91 Å². The van der Waals surface area contributed by atoms with Crippen molar-refractivity contribution in [2.75, 3.05) is 31.1 Å². The summed E-state index contributed by atoms with van der Waals surface area (Å²) < 4.78 is 0. The Morgan fingerprint density at radius 1 is 1.13 bits per heavy atom. The van der Waals surface area contributed by atoms with E-state index in [1.165, 1.54) is 0 Å². The number of nitrogens with zero attached hydrogens (tertiary/aromatic N) is 2. The summed E-state index contributed by atoms with van der Waals surface area (Å²) in [5.74, 6) is 0.134. The van der Waals surface area contributed by atoms with E-state index in [2.05, 4.69) is 15.2 Å². The van der Waals surface area contributed by atoms with Gasteiger partial charge in [-0.15, -0.1) is 0 Å². The van der Waals surface area contributed by atoms with Crippen LogP contribution in [0, 0.1) is 0 Å². The van der Waals surface area contributed by atoms with Crippen LogP contribution in [0.4, 0.5) is 5.82 Å². The summed E-state index contributed by atoms with van der Waals surface area (Å²) in [6, 6.07) is 8.82. The number of piperazine rings is 1. The third-order valence-electron chi connectivity index (χ3n) is 3.77. The van der Waals surface area contributed by atoms with Gasteiger partial charge < -0.3 is 16.0 Å². The first-order chi connectivity index (χ1) is 11.1. The SMILES string of the molecule is NC(=O)c1ccc(-c2ccc(Cl)c(Cl)c2)nc1N1CCNCC1. The maximum absolute atomic E-state index is 11.7. The molecule has 0 aliphatic carbocycles. The average molecular weight is 351 g/mol. The second kappa shape index (κ2) is 6.74. The Bertz CT molecular complexity index is 745. The van der Waals surface area contributed by atoms with Crippen molar-refractivity contribution in [1.82, 2.24) is 10.3 Å². The van der Waals surface area contributed by atoms with Crippen molar-refractivity contribution < 1.29 is 4.79 Å². The van der Waals surface area contributed by atoms with E-state index in [4.69, 9.17) is 28.9 Å². The minimum absolute atomic E-state index is 0.427. The molecule has 7 heteroatoms. The molecule has 1 fully saturated rings. The highest BCUT2D eigenvalue weighted by Gasteiger charge is 2.19. The molecule has 0 bridgehead atoms. The highest BCUT2D eigenvalue weighted by molar-refractivity contribution is 6.42. The molecule has 0 saturated carbocycles. The Morgan fingerprint density at radius 2 is 1.87 bits per heavy atom. The lowest BCUT2D eigenvalue weighted by Crippen LogP contribution is -2.44. The molecule has 2 aromatic rings. The van der Waals surface area contributed by atoms with E-state index in [0.29, 0.717) is 21.4 Å². The smallest absolute Gasteiger partial charge is 0.252 e. The van der Waals surface area contributed by atoms with Crippen molar-refractivity contribution in [2.24, 2.45) is 5.73 Å². The van der Waals surface area contributed by atoms with Crippen LogP contribution in [0.2, 0.25) is 10.0 Å². The van der Waals surface area contributed by atoms with Gasteiger partial charge >= 0.3 is 0 Å². The molecular formula is C16H16Cl2N4O. The maximum Gasteiger partial charge on any atom is 0.252 e. The minimum atomic E-state index is -0.480. The quantitative estimate of drug-likeness (QED) is 0.892. The fourth-order valence-electron chi connectivity index (χ4n) is 2.57. The standard InChI is InChI=1S/C16H16Cl2N4O/c17-12-3-1-10(9-13(12)18)14-4-2-11(15(19)23)16(21-14)22-7-5-20-6-8-22/h1-4,9,20H,5-8H2,(H2,19,23). The van der Waals surface area contributed by atoms with Gasteiger partial charge in [0, 0.05) is 31.7 Å². The van der Waals surface area contributed by atoms with Crippen LogP contribution in [0.5, 0.6) is 0 Å². The third-order valence-corrected chi connectivity index (χ3v) is 4.51. The van der Waals surface area contributed by atoms with Crippen LogP contribution in [-0.4, -0.2) is 37.1 Å². The fourth-order valence-corrected chi connectivity index (χ4v) is 2.87. The highest BCUT2D eigenvalue weighted by atomic mass is 35.5. The molecule has 3 rings (SSSR count). The van der Waals surface area contributed by atoms with Gasteiger partial charge in [-0.1, -0.05) is 29.3 Å². The number of benzene rings is 1. The van der Waals surface area contributed by atoms with Gasteiger partial charge in [-0.25, -0.2) is 4.98 Å². The number of rotatable bonds is 3. The lowest BCUT2D eigenvalue weighted by atomic mass is 10.1. The predicted molar refractivity (Wildman–Crippen MR) is 93.3 cm³/mol. The van der Waals surface area contributed by atoms with E-state index >= 15 is 0 Å². The number of anilines is 1. The number of hydrogen-bond acceptors (Lipinski definition) is 4. The number of carbonyl (C=O) groups excluding carboxylic acids is 1. The zero-order chi connectivity index (χ0) is 16.4. The molecule has 0 atom stereocenters. The zero-order valence-electron chi connectivity index (χ0n) is 12.4. The number of carbonyl (C=O) groups is 1. The van der Waals surface area contributed by atoms with Crippen molar-refractivity contribution in [3.63, 3.8) is 0 Å². The number of amides is 1. The number of primary amides is 1. The first-order valence-electron chi connectivity index (χ1n) is 7.28.